The lowest BCUT2D eigenvalue weighted by Crippen LogP contribution is -2.50. The van der Waals surface area contributed by atoms with Crippen molar-refractivity contribution >= 4 is 23.7 Å². The van der Waals surface area contributed by atoms with Gasteiger partial charge in [-0.2, -0.15) is 0 Å². The molecule has 1 amide bonds. The van der Waals surface area contributed by atoms with Crippen molar-refractivity contribution in [3.63, 3.8) is 0 Å². The van der Waals surface area contributed by atoms with E-state index < -0.39 is 0 Å². The summed E-state index contributed by atoms with van der Waals surface area (Å²) in [5.41, 5.74) is 2.00. The van der Waals surface area contributed by atoms with E-state index in [4.69, 9.17) is 0 Å². The average Bonchev–Trinajstić information content (AvgIpc) is 2.74. The van der Waals surface area contributed by atoms with Crippen LogP contribution >= 0.6 is 11.8 Å². The number of aromatic nitrogens is 2. The zero-order valence-corrected chi connectivity index (χ0v) is 16.6. The Labute approximate surface area is 168 Å². The van der Waals surface area contributed by atoms with Crippen molar-refractivity contribution in [1.82, 2.24) is 20.8 Å². The molecule has 2 aliphatic heterocycles. The van der Waals surface area contributed by atoms with Crippen molar-refractivity contribution in [1.29, 1.82) is 0 Å². The lowest BCUT2D eigenvalue weighted by molar-refractivity contribution is -0.115. The number of fused-ring (bicyclic) bond motifs is 3. The molecule has 3 atom stereocenters. The molecule has 5 rings (SSSR count). The number of carbonyl (C=O) groups is 1. The molecule has 1 aromatic heterocycles. The SMILES string of the molecule is CNC(=O)/C=C/c1ccc(-c2ccc(S[C@@H]3C[C@@H]4CC[C@H]3CN4)nn2)c(O)c1. The predicted octanol–water partition coefficient (Wildman–Crippen LogP) is 2.84. The summed E-state index contributed by atoms with van der Waals surface area (Å²) in [5, 5.41) is 26.7. The highest BCUT2D eigenvalue weighted by Crippen LogP contribution is 2.39. The van der Waals surface area contributed by atoms with Crippen LogP contribution in [0.15, 0.2) is 41.4 Å². The van der Waals surface area contributed by atoms with Gasteiger partial charge in [-0.25, -0.2) is 0 Å². The first-order valence-electron chi connectivity index (χ1n) is 9.59. The molecule has 28 heavy (non-hydrogen) atoms. The van der Waals surface area contributed by atoms with E-state index in [2.05, 4.69) is 20.8 Å². The number of carbonyl (C=O) groups excluding carboxylic acids is 1. The van der Waals surface area contributed by atoms with Gasteiger partial charge in [-0.05, 0) is 67.6 Å². The molecule has 6 nitrogen and oxygen atoms in total. The van der Waals surface area contributed by atoms with Gasteiger partial charge in [-0.1, -0.05) is 6.07 Å². The second-order valence-corrected chi connectivity index (χ2v) is 8.58. The molecule has 146 valence electrons. The van der Waals surface area contributed by atoms with Gasteiger partial charge in [-0.3, -0.25) is 4.79 Å². The van der Waals surface area contributed by atoms with Gasteiger partial charge in [0, 0.05) is 30.0 Å². The number of aromatic hydroxyl groups is 1. The van der Waals surface area contributed by atoms with Crippen molar-refractivity contribution in [2.75, 3.05) is 13.6 Å². The molecule has 0 unspecified atom stereocenters. The Kier molecular flexibility index (Phi) is 5.64. The number of thioether (sulfide) groups is 1. The fourth-order valence-electron chi connectivity index (χ4n) is 3.88. The molecule has 3 N–H and O–H groups in total. The van der Waals surface area contributed by atoms with E-state index in [9.17, 15) is 9.90 Å². The summed E-state index contributed by atoms with van der Waals surface area (Å²) in [4.78, 5) is 11.3. The summed E-state index contributed by atoms with van der Waals surface area (Å²) in [7, 11) is 1.57. The topological polar surface area (TPSA) is 87.1 Å². The molecule has 2 saturated heterocycles. The molecule has 0 spiro atoms. The van der Waals surface area contributed by atoms with Crippen LogP contribution in [0, 0.1) is 5.92 Å². The number of amides is 1. The van der Waals surface area contributed by atoms with Gasteiger partial charge in [0.15, 0.2) is 0 Å². The molecule has 1 saturated carbocycles. The summed E-state index contributed by atoms with van der Waals surface area (Å²) in [5.74, 6) is 0.643. The summed E-state index contributed by atoms with van der Waals surface area (Å²) in [6.07, 6.45) is 6.87. The van der Waals surface area contributed by atoms with E-state index in [1.165, 1.54) is 25.3 Å². The van der Waals surface area contributed by atoms with Gasteiger partial charge >= 0.3 is 0 Å². The van der Waals surface area contributed by atoms with Crippen LogP contribution in [0.3, 0.4) is 0 Å². The first kappa shape index (κ1) is 19.0. The Bertz CT molecular complexity index is 876. The van der Waals surface area contributed by atoms with E-state index in [-0.39, 0.29) is 11.7 Å². The van der Waals surface area contributed by atoms with Gasteiger partial charge in [0.05, 0.1) is 5.69 Å². The molecule has 0 radical (unpaired) electrons. The lowest BCUT2D eigenvalue weighted by atomic mass is 9.81. The van der Waals surface area contributed by atoms with E-state index in [0.29, 0.717) is 22.5 Å². The highest BCUT2D eigenvalue weighted by atomic mass is 32.2. The van der Waals surface area contributed by atoms with Gasteiger partial charge < -0.3 is 15.7 Å². The maximum Gasteiger partial charge on any atom is 0.243 e. The average molecular weight is 397 g/mol. The van der Waals surface area contributed by atoms with Crippen molar-refractivity contribution < 1.29 is 9.90 Å². The van der Waals surface area contributed by atoms with E-state index in [1.807, 2.05) is 30.0 Å². The van der Waals surface area contributed by atoms with Crippen LogP contribution < -0.4 is 10.6 Å². The number of nitrogens with one attached hydrogen (secondary N) is 2. The molecular formula is C21H24N4O2S. The van der Waals surface area contributed by atoms with Crippen molar-refractivity contribution in [3.8, 4) is 17.0 Å². The minimum absolute atomic E-state index is 0.115. The summed E-state index contributed by atoms with van der Waals surface area (Å²) in [6, 6.07) is 9.80. The number of benzene rings is 1. The fourth-order valence-corrected chi connectivity index (χ4v) is 5.18. The molecular weight excluding hydrogens is 372 g/mol. The van der Waals surface area contributed by atoms with Crippen molar-refractivity contribution in [2.45, 2.75) is 35.6 Å². The second-order valence-electron chi connectivity index (χ2n) is 7.32. The number of rotatable bonds is 5. The largest absolute Gasteiger partial charge is 0.507 e. The number of hydrogen-bond donors (Lipinski definition) is 3. The van der Waals surface area contributed by atoms with Gasteiger partial charge in [-0.15, -0.1) is 22.0 Å². The number of likely N-dealkylation sites (N-methyl/N-ethyl adjacent to an activating group) is 1. The van der Waals surface area contributed by atoms with E-state index in [1.54, 1.807) is 25.3 Å². The maximum absolute atomic E-state index is 11.3. The van der Waals surface area contributed by atoms with Crippen LogP contribution in [-0.4, -0.2) is 46.1 Å². The monoisotopic (exact) mass is 396 g/mol. The van der Waals surface area contributed by atoms with Crippen LogP contribution in [0.25, 0.3) is 17.3 Å². The molecule has 1 aromatic carbocycles. The molecule has 2 aromatic rings. The van der Waals surface area contributed by atoms with Crippen LogP contribution in [0.4, 0.5) is 0 Å². The second kappa shape index (κ2) is 8.32. The van der Waals surface area contributed by atoms with Crippen molar-refractivity contribution in [2.24, 2.45) is 5.92 Å². The highest BCUT2D eigenvalue weighted by Gasteiger charge is 2.36. The zero-order chi connectivity index (χ0) is 19.5. The van der Waals surface area contributed by atoms with Crippen LogP contribution in [0.5, 0.6) is 5.75 Å². The standard InChI is InChI=1S/C21H24N4O2S/c1-22-20(27)8-3-13-2-6-16(18(26)10-13)17-7-9-21(25-24-17)28-19-11-15-5-4-14(19)12-23-15/h2-3,6-10,14-15,19,23,26H,4-5,11-12H2,1H3,(H,22,27)/b8-3+/t14-,15-,19+/m0/s1. The first-order chi connectivity index (χ1) is 13.6. The number of phenolic OH excluding ortho intramolecular Hbond substituents is 1. The van der Waals surface area contributed by atoms with Gasteiger partial charge in [0.1, 0.15) is 10.8 Å². The highest BCUT2D eigenvalue weighted by molar-refractivity contribution is 7.99. The smallest absolute Gasteiger partial charge is 0.243 e. The molecule has 3 fully saturated rings. The Morgan fingerprint density at radius 1 is 1.29 bits per heavy atom. The van der Waals surface area contributed by atoms with Gasteiger partial charge in [0.2, 0.25) is 5.91 Å². The number of piperidine rings is 2. The maximum atomic E-state index is 11.3. The Balaban J connectivity index is 1.45. The summed E-state index contributed by atoms with van der Waals surface area (Å²) >= 11 is 1.83. The first-order valence-corrected chi connectivity index (χ1v) is 10.5. The quantitative estimate of drug-likeness (QED) is 0.674. The van der Waals surface area contributed by atoms with Crippen LogP contribution in [0.2, 0.25) is 0 Å². The normalized spacial score (nSPS) is 23.8. The van der Waals surface area contributed by atoms with E-state index in [0.717, 1.165) is 23.1 Å². The fraction of sp³-hybridized carbons (Fsp3) is 0.381. The number of phenols is 1. The van der Waals surface area contributed by atoms with Gasteiger partial charge in [0.25, 0.3) is 0 Å². The Morgan fingerprint density at radius 2 is 2.18 bits per heavy atom. The minimum Gasteiger partial charge on any atom is -0.507 e. The van der Waals surface area contributed by atoms with E-state index >= 15 is 0 Å². The number of hydrogen-bond acceptors (Lipinski definition) is 6. The molecule has 2 bridgehead atoms. The molecule has 3 heterocycles. The van der Waals surface area contributed by atoms with Crippen molar-refractivity contribution in [3.05, 3.63) is 42.0 Å². The Morgan fingerprint density at radius 3 is 2.79 bits per heavy atom. The predicted molar refractivity (Wildman–Crippen MR) is 111 cm³/mol. The third-order valence-electron chi connectivity index (χ3n) is 5.48. The summed E-state index contributed by atoms with van der Waals surface area (Å²) < 4.78 is 0. The molecule has 3 aliphatic rings. The molecule has 7 heteroatoms. The van der Waals surface area contributed by atoms with Crippen LogP contribution in [-0.2, 0) is 4.79 Å². The number of nitrogens with zero attached hydrogens (tertiary/aromatic N) is 2. The third-order valence-corrected chi connectivity index (χ3v) is 6.82. The summed E-state index contributed by atoms with van der Waals surface area (Å²) in [6.45, 7) is 1.11. The minimum atomic E-state index is -0.190. The van der Waals surface area contributed by atoms with Crippen LogP contribution in [0.1, 0.15) is 24.8 Å². The zero-order valence-electron chi connectivity index (χ0n) is 15.8. The lowest BCUT2D eigenvalue weighted by Gasteiger charge is -2.42. The third kappa shape index (κ3) is 4.20. The molecule has 1 aliphatic carbocycles. The Hall–Kier alpha value is -2.38.